The maximum atomic E-state index is 12.3. The fraction of sp³-hybridized carbons (Fsp3) is 0.263. The maximum absolute atomic E-state index is 12.3. The van der Waals surface area contributed by atoms with E-state index in [4.69, 9.17) is 27.9 Å². The SMILES string of the molecule is Cc1ccc(S(C)(=O)=O)cc1C(=O)OCC(=O)N(C)Cc1ccc(Cl)c(Cl)c1. The van der Waals surface area contributed by atoms with Crippen LogP contribution in [0.1, 0.15) is 21.5 Å². The number of likely N-dealkylation sites (N-methyl/N-ethyl adjacent to an activating group) is 1. The predicted molar refractivity (Wildman–Crippen MR) is 108 cm³/mol. The lowest BCUT2D eigenvalue weighted by atomic mass is 10.1. The van der Waals surface area contributed by atoms with Crippen molar-refractivity contribution < 1.29 is 22.7 Å². The summed E-state index contributed by atoms with van der Waals surface area (Å²) in [5, 5.41) is 0.799. The Bertz CT molecular complexity index is 1020. The number of aryl methyl sites for hydroxylation is 1. The zero-order valence-corrected chi connectivity index (χ0v) is 17.9. The molecule has 2 rings (SSSR count). The smallest absolute Gasteiger partial charge is 0.338 e. The number of carbonyl (C=O) groups is 2. The molecule has 0 bridgehead atoms. The van der Waals surface area contributed by atoms with E-state index in [0.29, 0.717) is 15.6 Å². The molecule has 0 heterocycles. The first kappa shape index (κ1) is 22.2. The van der Waals surface area contributed by atoms with E-state index in [1.54, 1.807) is 32.2 Å². The Labute approximate surface area is 173 Å². The second-order valence-corrected chi connectivity index (χ2v) is 9.15. The van der Waals surface area contributed by atoms with E-state index in [1.807, 2.05) is 0 Å². The zero-order valence-electron chi connectivity index (χ0n) is 15.5. The third-order valence-electron chi connectivity index (χ3n) is 4.01. The van der Waals surface area contributed by atoms with Crippen molar-refractivity contribution in [2.24, 2.45) is 0 Å². The van der Waals surface area contributed by atoms with Crippen LogP contribution in [0.3, 0.4) is 0 Å². The number of hydrogen-bond donors (Lipinski definition) is 0. The van der Waals surface area contributed by atoms with Crippen LogP contribution in [-0.2, 0) is 25.9 Å². The number of carbonyl (C=O) groups excluding carboxylic acids is 2. The Hall–Kier alpha value is -2.09. The highest BCUT2D eigenvalue weighted by Crippen LogP contribution is 2.23. The van der Waals surface area contributed by atoms with E-state index in [1.165, 1.54) is 23.1 Å². The van der Waals surface area contributed by atoms with Gasteiger partial charge in [0, 0.05) is 19.8 Å². The van der Waals surface area contributed by atoms with E-state index in [2.05, 4.69) is 0 Å². The lowest BCUT2D eigenvalue weighted by Crippen LogP contribution is -2.31. The lowest BCUT2D eigenvalue weighted by molar-refractivity contribution is -0.133. The summed E-state index contributed by atoms with van der Waals surface area (Å²) >= 11 is 11.8. The Balaban J connectivity index is 2.02. The minimum Gasteiger partial charge on any atom is -0.452 e. The second kappa shape index (κ2) is 8.94. The Morgan fingerprint density at radius 3 is 2.36 bits per heavy atom. The van der Waals surface area contributed by atoms with Crippen molar-refractivity contribution in [3.63, 3.8) is 0 Å². The highest BCUT2D eigenvalue weighted by Gasteiger charge is 2.18. The van der Waals surface area contributed by atoms with Crippen LogP contribution >= 0.6 is 23.2 Å². The van der Waals surface area contributed by atoms with Crippen LogP contribution in [0.15, 0.2) is 41.3 Å². The number of hydrogen-bond acceptors (Lipinski definition) is 5. The van der Waals surface area contributed by atoms with Crippen molar-refractivity contribution in [2.45, 2.75) is 18.4 Å². The molecular weight excluding hydrogens is 425 g/mol. The van der Waals surface area contributed by atoms with Crippen molar-refractivity contribution in [3.8, 4) is 0 Å². The monoisotopic (exact) mass is 443 g/mol. The third kappa shape index (κ3) is 5.70. The van der Waals surface area contributed by atoms with Crippen LogP contribution in [0.5, 0.6) is 0 Å². The van der Waals surface area contributed by atoms with Gasteiger partial charge in [0.2, 0.25) is 0 Å². The number of nitrogens with zero attached hydrogens (tertiary/aromatic N) is 1. The van der Waals surface area contributed by atoms with E-state index < -0.39 is 28.3 Å². The highest BCUT2D eigenvalue weighted by molar-refractivity contribution is 7.90. The number of rotatable bonds is 6. The number of ether oxygens (including phenoxy) is 1. The van der Waals surface area contributed by atoms with E-state index in [9.17, 15) is 18.0 Å². The van der Waals surface area contributed by atoms with Crippen LogP contribution in [0.2, 0.25) is 10.0 Å². The summed E-state index contributed by atoms with van der Waals surface area (Å²) in [5.74, 6) is -1.18. The molecule has 28 heavy (non-hydrogen) atoms. The van der Waals surface area contributed by atoms with Crippen LogP contribution in [-0.4, -0.2) is 45.1 Å². The normalized spacial score (nSPS) is 11.2. The average molecular weight is 444 g/mol. The number of esters is 1. The van der Waals surface area contributed by atoms with Crippen molar-refractivity contribution in [1.82, 2.24) is 4.90 Å². The number of halogens is 2. The van der Waals surface area contributed by atoms with Crippen molar-refractivity contribution in [1.29, 1.82) is 0 Å². The molecule has 0 fully saturated rings. The quantitative estimate of drug-likeness (QED) is 0.637. The van der Waals surface area contributed by atoms with Gasteiger partial charge < -0.3 is 9.64 Å². The van der Waals surface area contributed by atoms with Crippen LogP contribution in [0.4, 0.5) is 0 Å². The molecule has 0 saturated carbocycles. The molecule has 0 aromatic heterocycles. The first-order chi connectivity index (χ1) is 13.0. The van der Waals surface area contributed by atoms with E-state index in [0.717, 1.165) is 11.8 Å². The van der Waals surface area contributed by atoms with Crippen molar-refractivity contribution >= 4 is 44.9 Å². The second-order valence-electron chi connectivity index (χ2n) is 6.32. The van der Waals surface area contributed by atoms with Crippen LogP contribution < -0.4 is 0 Å². The molecule has 0 aliphatic heterocycles. The molecule has 0 N–H and O–H groups in total. The summed E-state index contributed by atoms with van der Waals surface area (Å²) in [6.07, 6.45) is 1.05. The molecule has 9 heteroatoms. The molecule has 2 aromatic carbocycles. The molecular formula is C19H19Cl2NO5S. The number of amides is 1. The average Bonchev–Trinajstić information content (AvgIpc) is 2.61. The van der Waals surface area contributed by atoms with Gasteiger partial charge in [-0.1, -0.05) is 35.3 Å². The summed E-state index contributed by atoms with van der Waals surface area (Å²) in [7, 11) is -1.90. The molecule has 1 amide bonds. The van der Waals surface area contributed by atoms with E-state index in [-0.39, 0.29) is 17.0 Å². The third-order valence-corrected chi connectivity index (χ3v) is 5.86. The van der Waals surface area contributed by atoms with Gasteiger partial charge in [-0.05, 0) is 42.3 Å². The van der Waals surface area contributed by atoms with Gasteiger partial charge in [0.05, 0.1) is 20.5 Å². The molecule has 0 atom stereocenters. The zero-order chi connectivity index (χ0) is 21.1. The van der Waals surface area contributed by atoms with Crippen molar-refractivity contribution in [2.75, 3.05) is 19.9 Å². The Morgan fingerprint density at radius 1 is 1.07 bits per heavy atom. The first-order valence-electron chi connectivity index (χ1n) is 8.14. The van der Waals surface area contributed by atoms with Gasteiger partial charge in [-0.15, -0.1) is 0 Å². The standard InChI is InChI=1S/C19H19Cl2NO5S/c1-12-4-6-14(28(3,25)26)9-15(12)19(24)27-11-18(23)22(2)10-13-5-7-16(20)17(21)8-13/h4-9H,10-11H2,1-3H3. The predicted octanol–water partition coefficient (Wildman–Crippen LogP) is 3.52. The fourth-order valence-corrected chi connectivity index (χ4v) is 3.33. The summed E-state index contributed by atoms with van der Waals surface area (Å²) in [6, 6.07) is 9.21. The molecule has 0 spiro atoms. The van der Waals surface area contributed by atoms with Gasteiger partial charge in [0.25, 0.3) is 5.91 Å². The van der Waals surface area contributed by atoms with Gasteiger partial charge in [-0.3, -0.25) is 4.79 Å². The van der Waals surface area contributed by atoms with Crippen LogP contribution in [0.25, 0.3) is 0 Å². The van der Waals surface area contributed by atoms with Gasteiger partial charge in [-0.25, -0.2) is 13.2 Å². The molecule has 0 aliphatic carbocycles. The van der Waals surface area contributed by atoms with Gasteiger partial charge in [-0.2, -0.15) is 0 Å². The Kier molecular flexibility index (Phi) is 7.09. The van der Waals surface area contributed by atoms with Crippen LogP contribution in [0, 0.1) is 6.92 Å². The molecule has 0 saturated heterocycles. The highest BCUT2D eigenvalue weighted by atomic mass is 35.5. The summed E-state index contributed by atoms with van der Waals surface area (Å²) in [5.41, 5.74) is 1.42. The summed E-state index contributed by atoms with van der Waals surface area (Å²) < 4.78 is 28.4. The minimum atomic E-state index is -3.46. The number of benzene rings is 2. The Morgan fingerprint density at radius 2 is 1.75 bits per heavy atom. The summed E-state index contributed by atoms with van der Waals surface area (Å²) in [4.78, 5) is 25.9. The van der Waals surface area contributed by atoms with Gasteiger partial charge >= 0.3 is 5.97 Å². The molecule has 6 nitrogen and oxygen atoms in total. The van der Waals surface area contributed by atoms with E-state index >= 15 is 0 Å². The first-order valence-corrected chi connectivity index (χ1v) is 10.8. The van der Waals surface area contributed by atoms with Gasteiger partial charge in [0.15, 0.2) is 16.4 Å². The van der Waals surface area contributed by atoms with Gasteiger partial charge in [0.1, 0.15) is 0 Å². The minimum absolute atomic E-state index is 0.00751. The molecule has 2 aromatic rings. The topological polar surface area (TPSA) is 80.7 Å². The lowest BCUT2D eigenvalue weighted by Gasteiger charge is -2.18. The number of sulfone groups is 1. The fourth-order valence-electron chi connectivity index (χ4n) is 2.37. The maximum Gasteiger partial charge on any atom is 0.338 e. The largest absolute Gasteiger partial charge is 0.452 e. The molecule has 0 radical (unpaired) electrons. The molecule has 0 aliphatic rings. The molecule has 150 valence electrons. The van der Waals surface area contributed by atoms with Crippen molar-refractivity contribution in [3.05, 3.63) is 63.1 Å². The summed E-state index contributed by atoms with van der Waals surface area (Å²) in [6.45, 7) is 1.44. The molecule has 0 unspecified atom stereocenters.